The predicted molar refractivity (Wildman–Crippen MR) is 88.7 cm³/mol. The van der Waals surface area contributed by atoms with Crippen LogP contribution in [0.3, 0.4) is 0 Å². The van der Waals surface area contributed by atoms with Crippen LogP contribution in [-0.2, 0) is 4.79 Å². The standard InChI is InChI=1S/C17H16N4O4/c22-12(23)7-18-17(25)14-15(24)11-6-2-5-10(9-3-1-4-9)13(11)16-19-8-20-21(14)16/h2,5-6,8-9,24H,1,3-4,7H2,(H,18,25)(H,22,23). The first-order valence-electron chi connectivity index (χ1n) is 8.05. The van der Waals surface area contributed by atoms with E-state index < -0.39 is 18.4 Å². The number of hydrogen-bond acceptors (Lipinski definition) is 5. The number of pyridine rings is 1. The van der Waals surface area contributed by atoms with E-state index in [2.05, 4.69) is 15.4 Å². The maximum atomic E-state index is 12.4. The normalized spacial score (nSPS) is 14.6. The molecule has 0 saturated heterocycles. The molecule has 2 heterocycles. The number of nitrogens with one attached hydrogen (secondary N) is 1. The van der Waals surface area contributed by atoms with Crippen molar-refractivity contribution in [1.29, 1.82) is 0 Å². The van der Waals surface area contributed by atoms with Crippen LogP contribution in [0.2, 0.25) is 0 Å². The fourth-order valence-electron chi connectivity index (χ4n) is 3.32. The second-order valence-corrected chi connectivity index (χ2v) is 6.17. The van der Waals surface area contributed by atoms with Gasteiger partial charge >= 0.3 is 5.97 Å². The van der Waals surface area contributed by atoms with Crippen molar-refractivity contribution in [3.05, 3.63) is 35.8 Å². The van der Waals surface area contributed by atoms with E-state index in [1.807, 2.05) is 12.1 Å². The van der Waals surface area contributed by atoms with E-state index in [4.69, 9.17) is 5.11 Å². The number of carboxylic acids is 1. The van der Waals surface area contributed by atoms with Gasteiger partial charge in [-0.25, -0.2) is 9.50 Å². The van der Waals surface area contributed by atoms with Gasteiger partial charge in [0.2, 0.25) is 0 Å². The Morgan fingerprint density at radius 1 is 1.32 bits per heavy atom. The fraction of sp³-hybridized carbons (Fsp3) is 0.294. The largest absolute Gasteiger partial charge is 0.505 e. The van der Waals surface area contributed by atoms with Gasteiger partial charge in [0.25, 0.3) is 5.91 Å². The summed E-state index contributed by atoms with van der Waals surface area (Å²) in [6.07, 6.45) is 4.66. The van der Waals surface area contributed by atoms with Gasteiger partial charge in [0.15, 0.2) is 17.1 Å². The summed E-state index contributed by atoms with van der Waals surface area (Å²) in [6, 6.07) is 5.60. The van der Waals surface area contributed by atoms with E-state index in [-0.39, 0.29) is 11.4 Å². The number of carboxylic acid groups (broad SMARTS) is 1. The number of amides is 1. The van der Waals surface area contributed by atoms with E-state index in [9.17, 15) is 14.7 Å². The van der Waals surface area contributed by atoms with E-state index in [1.54, 1.807) is 6.07 Å². The quantitative estimate of drug-likeness (QED) is 0.665. The summed E-state index contributed by atoms with van der Waals surface area (Å²) >= 11 is 0. The summed E-state index contributed by atoms with van der Waals surface area (Å²) in [7, 11) is 0. The molecule has 0 aliphatic heterocycles. The average Bonchev–Trinajstić information content (AvgIpc) is 3.00. The van der Waals surface area contributed by atoms with E-state index >= 15 is 0 Å². The van der Waals surface area contributed by atoms with Crippen LogP contribution in [0, 0.1) is 0 Å². The van der Waals surface area contributed by atoms with Crippen molar-refractivity contribution < 1.29 is 19.8 Å². The summed E-state index contributed by atoms with van der Waals surface area (Å²) in [6.45, 7) is -0.547. The zero-order chi connectivity index (χ0) is 17.6. The molecule has 128 valence electrons. The molecule has 3 N–H and O–H groups in total. The lowest BCUT2D eigenvalue weighted by Crippen LogP contribution is -2.31. The van der Waals surface area contributed by atoms with Gasteiger partial charge in [0.1, 0.15) is 12.9 Å². The predicted octanol–water partition coefficient (Wildman–Crippen LogP) is 1.67. The molecule has 25 heavy (non-hydrogen) atoms. The zero-order valence-electron chi connectivity index (χ0n) is 13.3. The minimum Gasteiger partial charge on any atom is -0.505 e. The molecule has 1 fully saturated rings. The number of nitrogens with zero attached hydrogens (tertiary/aromatic N) is 3. The third-order valence-corrected chi connectivity index (χ3v) is 4.72. The van der Waals surface area contributed by atoms with Gasteiger partial charge in [-0.15, -0.1) is 0 Å². The lowest BCUT2D eigenvalue weighted by atomic mass is 9.78. The Bertz CT molecular complexity index is 1010. The number of rotatable bonds is 4. The van der Waals surface area contributed by atoms with E-state index in [0.29, 0.717) is 17.0 Å². The Hall–Kier alpha value is -3.16. The smallest absolute Gasteiger partial charge is 0.322 e. The fourth-order valence-corrected chi connectivity index (χ4v) is 3.32. The number of aromatic nitrogens is 3. The van der Waals surface area contributed by atoms with Crippen LogP contribution >= 0.6 is 0 Å². The molecular formula is C17H16N4O4. The van der Waals surface area contributed by atoms with Crippen LogP contribution in [0.1, 0.15) is 41.2 Å². The van der Waals surface area contributed by atoms with Crippen molar-refractivity contribution in [1.82, 2.24) is 19.9 Å². The summed E-state index contributed by atoms with van der Waals surface area (Å²) in [5, 5.41) is 27.1. The lowest BCUT2D eigenvalue weighted by Gasteiger charge is -2.27. The van der Waals surface area contributed by atoms with Gasteiger partial charge in [-0.05, 0) is 24.3 Å². The Labute approximate surface area is 142 Å². The monoisotopic (exact) mass is 340 g/mol. The van der Waals surface area contributed by atoms with Crippen molar-refractivity contribution in [2.45, 2.75) is 25.2 Å². The maximum absolute atomic E-state index is 12.4. The van der Waals surface area contributed by atoms with Crippen molar-refractivity contribution in [2.75, 3.05) is 6.54 Å². The number of hydrogen-bond donors (Lipinski definition) is 3. The van der Waals surface area contributed by atoms with Crippen molar-refractivity contribution >= 4 is 28.3 Å². The molecule has 0 radical (unpaired) electrons. The molecule has 1 aliphatic carbocycles. The highest BCUT2D eigenvalue weighted by atomic mass is 16.4. The number of aromatic hydroxyl groups is 1. The Balaban J connectivity index is 1.95. The van der Waals surface area contributed by atoms with Gasteiger partial charge in [-0.2, -0.15) is 5.10 Å². The lowest BCUT2D eigenvalue weighted by molar-refractivity contribution is -0.135. The number of fused-ring (bicyclic) bond motifs is 3. The van der Waals surface area contributed by atoms with E-state index in [0.717, 1.165) is 23.8 Å². The van der Waals surface area contributed by atoms with Crippen molar-refractivity contribution in [3.8, 4) is 5.75 Å². The first-order chi connectivity index (χ1) is 12.1. The Morgan fingerprint density at radius 2 is 2.12 bits per heavy atom. The summed E-state index contributed by atoms with van der Waals surface area (Å²) < 4.78 is 1.27. The third kappa shape index (κ3) is 2.37. The van der Waals surface area contributed by atoms with Crippen molar-refractivity contribution in [2.24, 2.45) is 0 Å². The zero-order valence-corrected chi connectivity index (χ0v) is 13.3. The van der Waals surface area contributed by atoms with Crippen LogP contribution in [0.5, 0.6) is 5.75 Å². The number of carbonyl (C=O) groups excluding carboxylic acids is 1. The summed E-state index contributed by atoms with van der Waals surface area (Å²) in [5.41, 5.74) is 1.46. The average molecular weight is 340 g/mol. The molecule has 4 rings (SSSR count). The Morgan fingerprint density at radius 3 is 2.80 bits per heavy atom. The van der Waals surface area contributed by atoms with Crippen LogP contribution in [-0.4, -0.2) is 43.2 Å². The molecule has 3 aromatic rings. The highest BCUT2D eigenvalue weighted by Crippen LogP contribution is 2.42. The second-order valence-electron chi connectivity index (χ2n) is 6.17. The topological polar surface area (TPSA) is 117 Å². The SMILES string of the molecule is O=C(O)CNC(=O)c1c(O)c2cccc(C3CCC3)c2c2ncnn12. The maximum Gasteiger partial charge on any atom is 0.322 e. The van der Waals surface area contributed by atoms with Crippen LogP contribution in [0.4, 0.5) is 0 Å². The highest BCUT2D eigenvalue weighted by molar-refractivity contribution is 6.08. The number of benzene rings is 1. The molecule has 1 aromatic carbocycles. The summed E-state index contributed by atoms with van der Waals surface area (Å²) in [5.74, 6) is -1.70. The molecule has 0 spiro atoms. The van der Waals surface area contributed by atoms with Gasteiger partial charge < -0.3 is 15.5 Å². The van der Waals surface area contributed by atoms with Gasteiger partial charge in [0, 0.05) is 10.8 Å². The van der Waals surface area contributed by atoms with Gasteiger partial charge in [-0.3, -0.25) is 9.59 Å². The molecule has 0 bridgehead atoms. The molecular weight excluding hydrogens is 324 g/mol. The van der Waals surface area contributed by atoms with Crippen LogP contribution in [0.15, 0.2) is 24.5 Å². The molecule has 1 amide bonds. The molecule has 1 aliphatic rings. The molecule has 0 unspecified atom stereocenters. The first-order valence-corrected chi connectivity index (χ1v) is 8.05. The minimum atomic E-state index is -1.17. The minimum absolute atomic E-state index is 0.119. The molecule has 8 nitrogen and oxygen atoms in total. The summed E-state index contributed by atoms with van der Waals surface area (Å²) in [4.78, 5) is 27.4. The Kier molecular flexibility index (Phi) is 3.52. The number of carbonyl (C=O) groups is 2. The molecule has 2 aromatic heterocycles. The second kappa shape index (κ2) is 5.73. The molecule has 8 heteroatoms. The number of aliphatic carboxylic acids is 1. The van der Waals surface area contributed by atoms with Crippen LogP contribution in [0.25, 0.3) is 16.4 Å². The molecule has 0 atom stereocenters. The molecule has 1 saturated carbocycles. The third-order valence-electron chi connectivity index (χ3n) is 4.72. The first kappa shape index (κ1) is 15.4. The van der Waals surface area contributed by atoms with Gasteiger partial charge in [0.05, 0.1) is 0 Å². The highest BCUT2D eigenvalue weighted by Gasteiger charge is 2.27. The van der Waals surface area contributed by atoms with Crippen molar-refractivity contribution in [3.63, 3.8) is 0 Å². The van der Waals surface area contributed by atoms with Gasteiger partial charge in [-0.1, -0.05) is 24.6 Å². The van der Waals surface area contributed by atoms with E-state index in [1.165, 1.54) is 17.3 Å². The van der Waals surface area contributed by atoms with Crippen LogP contribution < -0.4 is 5.32 Å².